The predicted molar refractivity (Wildman–Crippen MR) is 93.1 cm³/mol. The van der Waals surface area contributed by atoms with Crippen LogP contribution in [-0.4, -0.2) is 0 Å². The van der Waals surface area contributed by atoms with Gasteiger partial charge < -0.3 is 5.32 Å². The second-order valence-corrected chi connectivity index (χ2v) is 6.95. The maximum Gasteiger partial charge on any atom is 0.0695 e. The lowest BCUT2D eigenvalue weighted by atomic mass is 9.64. The van der Waals surface area contributed by atoms with Gasteiger partial charge in [-0.2, -0.15) is 0 Å². The normalized spacial score (nSPS) is 24.7. The molecule has 0 aromatic heterocycles. The van der Waals surface area contributed by atoms with Gasteiger partial charge in [-0.15, -0.1) is 0 Å². The molecule has 1 unspecified atom stereocenters. The molecule has 2 bridgehead atoms. The van der Waals surface area contributed by atoms with Gasteiger partial charge >= 0.3 is 0 Å². The zero-order valence-corrected chi connectivity index (χ0v) is 13.4. The van der Waals surface area contributed by atoms with E-state index in [2.05, 4.69) is 92.8 Å². The van der Waals surface area contributed by atoms with Crippen molar-refractivity contribution in [1.82, 2.24) is 5.32 Å². The molecule has 0 fully saturated rings. The highest BCUT2D eigenvalue weighted by Crippen LogP contribution is 2.55. The van der Waals surface area contributed by atoms with Gasteiger partial charge in [0.15, 0.2) is 0 Å². The molecule has 0 radical (unpaired) electrons. The Labute approximate surface area is 132 Å². The zero-order chi connectivity index (χ0) is 15.4. The molecule has 1 atom stereocenters. The Kier molecular flexibility index (Phi) is 2.65. The van der Waals surface area contributed by atoms with Gasteiger partial charge in [-0.1, -0.05) is 74.5 Å². The van der Waals surface area contributed by atoms with E-state index in [-0.39, 0.29) is 11.0 Å². The van der Waals surface area contributed by atoms with E-state index in [0.29, 0.717) is 0 Å². The van der Waals surface area contributed by atoms with Crippen LogP contribution in [0.2, 0.25) is 0 Å². The highest BCUT2D eigenvalue weighted by molar-refractivity contribution is 5.84. The summed E-state index contributed by atoms with van der Waals surface area (Å²) in [4.78, 5) is 0. The van der Waals surface area contributed by atoms with Crippen LogP contribution < -0.4 is 5.32 Å². The lowest BCUT2D eigenvalue weighted by Gasteiger charge is -2.44. The summed E-state index contributed by atoms with van der Waals surface area (Å²) in [5.74, 6) is 0. The maximum atomic E-state index is 3.79. The third-order valence-electron chi connectivity index (χ3n) is 5.57. The van der Waals surface area contributed by atoms with Crippen molar-refractivity contribution in [2.24, 2.45) is 5.41 Å². The number of nitrogens with one attached hydrogen (secondary N) is 1. The number of fused-ring (bicyclic) bond motifs is 5. The Bertz CT molecular complexity index is 796. The van der Waals surface area contributed by atoms with Gasteiger partial charge in [0.05, 0.1) is 5.54 Å². The Hall–Kier alpha value is -2.28. The average molecular weight is 287 g/mol. The van der Waals surface area contributed by atoms with Crippen molar-refractivity contribution in [3.8, 4) is 0 Å². The summed E-state index contributed by atoms with van der Waals surface area (Å²) in [7, 11) is 0. The number of benzene rings is 2. The molecule has 1 heteroatoms. The molecule has 110 valence electrons. The molecule has 0 amide bonds. The average Bonchev–Trinajstić information content (AvgIpc) is 2.77. The van der Waals surface area contributed by atoms with Gasteiger partial charge in [0.25, 0.3) is 0 Å². The van der Waals surface area contributed by atoms with Gasteiger partial charge in [-0.25, -0.2) is 0 Å². The molecule has 0 aliphatic carbocycles. The van der Waals surface area contributed by atoms with E-state index in [1.54, 1.807) is 0 Å². The molecule has 0 saturated heterocycles. The zero-order valence-electron chi connectivity index (χ0n) is 13.4. The second-order valence-electron chi connectivity index (χ2n) is 6.95. The van der Waals surface area contributed by atoms with Crippen LogP contribution in [0.4, 0.5) is 0 Å². The molecule has 22 heavy (non-hydrogen) atoms. The molecule has 0 spiro atoms. The van der Waals surface area contributed by atoms with Crippen molar-refractivity contribution in [3.63, 3.8) is 0 Å². The number of allylic oxidation sites excluding steroid dienone is 2. The first-order chi connectivity index (χ1) is 10.5. The summed E-state index contributed by atoms with van der Waals surface area (Å²) in [6, 6.07) is 19.5. The molecule has 2 aliphatic rings. The molecular weight excluding hydrogens is 266 g/mol. The van der Waals surface area contributed by atoms with E-state index in [4.69, 9.17) is 0 Å². The number of hydrogen-bond acceptors (Lipinski definition) is 1. The van der Waals surface area contributed by atoms with Crippen LogP contribution >= 0.6 is 0 Å². The lowest BCUT2D eigenvalue weighted by Crippen LogP contribution is -2.46. The first-order valence-electron chi connectivity index (χ1n) is 7.90. The Morgan fingerprint density at radius 3 is 2.23 bits per heavy atom. The van der Waals surface area contributed by atoms with E-state index in [9.17, 15) is 0 Å². The minimum Gasteiger partial charge on any atom is -0.374 e. The topological polar surface area (TPSA) is 12.0 Å². The quantitative estimate of drug-likeness (QED) is 0.781. The minimum absolute atomic E-state index is 0.0286. The van der Waals surface area contributed by atoms with Gasteiger partial charge in [0.1, 0.15) is 0 Å². The molecule has 2 heterocycles. The molecule has 2 aliphatic heterocycles. The SMILES string of the molecule is CC1(C)C(c2ccccc2)=CC=C2NC1(C)c1ccccc12. The largest absolute Gasteiger partial charge is 0.374 e. The van der Waals surface area contributed by atoms with Gasteiger partial charge in [-0.05, 0) is 29.7 Å². The van der Waals surface area contributed by atoms with Crippen LogP contribution in [0.5, 0.6) is 0 Å². The first-order valence-corrected chi connectivity index (χ1v) is 7.90. The van der Waals surface area contributed by atoms with Crippen LogP contribution in [0.25, 0.3) is 11.3 Å². The molecule has 4 rings (SSSR count). The highest BCUT2D eigenvalue weighted by Gasteiger charge is 2.50. The standard InChI is InChI=1S/C21H21N/c1-20(2)17(15-9-5-4-6-10-15)13-14-19-16-11-7-8-12-18(16)21(20,3)22-19/h4-14,22H,1-3H3. The Morgan fingerprint density at radius 2 is 1.45 bits per heavy atom. The monoisotopic (exact) mass is 287 g/mol. The predicted octanol–water partition coefficient (Wildman–Crippen LogP) is 4.97. The highest BCUT2D eigenvalue weighted by atomic mass is 15.0. The van der Waals surface area contributed by atoms with E-state index in [0.717, 1.165) is 0 Å². The van der Waals surface area contributed by atoms with Gasteiger partial charge in [0.2, 0.25) is 0 Å². The molecule has 2 aromatic rings. The summed E-state index contributed by atoms with van der Waals surface area (Å²) in [6.45, 7) is 7.02. The lowest BCUT2D eigenvalue weighted by molar-refractivity contribution is 0.239. The van der Waals surface area contributed by atoms with E-state index in [1.807, 2.05) is 0 Å². The maximum absolute atomic E-state index is 3.79. The summed E-state index contributed by atoms with van der Waals surface area (Å²) in [5.41, 5.74) is 6.52. The Morgan fingerprint density at radius 1 is 0.773 bits per heavy atom. The van der Waals surface area contributed by atoms with Crippen LogP contribution in [0.3, 0.4) is 0 Å². The fraction of sp³-hybridized carbons (Fsp3) is 0.238. The first kappa shape index (κ1) is 13.4. The second kappa shape index (κ2) is 4.36. The van der Waals surface area contributed by atoms with Crippen molar-refractivity contribution in [3.05, 3.63) is 83.4 Å². The fourth-order valence-corrected chi connectivity index (χ4v) is 3.90. The van der Waals surface area contributed by atoms with Crippen molar-refractivity contribution >= 4 is 11.3 Å². The number of hydrogen-bond donors (Lipinski definition) is 1. The van der Waals surface area contributed by atoms with Crippen molar-refractivity contribution in [1.29, 1.82) is 0 Å². The van der Waals surface area contributed by atoms with Crippen molar-refractivity contribution in [2.75, 3.05) is 0 Å². The summed E-state index contributed by atoms with van der Waals surface area (Å²) >= 11 is 0. The van der Waals surface area contributed by atoms with Crippen LogP contribution in [0, 0.1) is 5.41 Å². The molecule has 0 saturated carbocycles. The van der Waals surface area contributed by atoms with E-state index < -0.39 is 0 Å². The van der Waals surface area contributed by atoms with Gasteiger partial charge in [-0.3, -0.25) is 0 Å². The number of rotatable bonds is 1. The van der Waals surface area contributed by atoms with Crippen LogP contribution in [0.1, 0.15) is 37.5 Å². The summed E-state index contributed by atoms with van der Waals surface area (Å²) < 4.78 is 0. The van der Waals surface area contributed by atoms with E-state index in [1.165, 1.54) is 28.0 Å². The fourth-order valence-electron chi connectivity index (χ4n) is 3.90. The summed E-state index contributed by atoms with van der Waals surface area (Å²) in [5, 5.41) is 3.79. The van der Waals surface area contributed by atoms with E-state index >= 15 is 0 Å². The third kappa shape index (κ3) is 1.60. The molecular formula is C21H21N. The smallest absolute Gasteiger partial charge is 0.0695 e. The van der Waals surface area contributed by atoms with Crippen LogP contribution in [0.15, 0.2) is 66.7 Å². The third-order valence-corrected chi connectivity index (χ3v) is 5.57. The van der Waals surface area contributed by atoms with Crippen molar-refractivity contribution < 1.29 is 0 Å². The molecule has 2 aromatic carbocycles. The molecule has 1 N–H and O–H groups in total. The molecule has 1 nitrogen and oxygen atoms in total. The van der Waals surface area contributed by atoms with Crippen LogP contribution in [-0.2, 0) is 5.54 Å². The summed E-state index contributed by atoms with van der Waals surface area (Å²) in [6.07, 6.45) is 4.53. The Balaban J connectivity index is 1.98. The minimum atomic E-state index is -0.104. The van der Waals surface area contributed by atoms with Crippen molar-refractivity contribution in [2.45, 2.75) is 26.3 Å². The van der Waals surface area contributed by atoms with Gasteiger partial charge in [0, 0.05) is 16.7 Å².